The molecular weight excluding hydrogens is 270 g/mol. The quantitative estimate of drug-likeness (QED) is 0.798. The summed E-state index contributed by atoms with van der Waals surface area (Å²) in [6.45, 7) is 2.99. The molecule has 1 fully saturated rings. The maximum absolute atomic E-state index is 12.3. The normalized spacial score (nSPS) is 24.8. The molecule has 2 aliphatic rings. The van der Waals surface area contributed by atoms with Crippen LogP contribution in [0.2, 0.25) is 0 Å². The monoisotopic (exact) mass is 293 g/mol. The number of hydrogen-bond acceptors (Lipinski definition) is 5. The molecule has 3 rings (SSSR count). The Bertz CT molecular complexity index is 501. The topological polar surface area (TPSA) is 63.5 Å². The van der Waals surface area contributed by atoms with Crippen molar-refractivity contribution in [1.82, 2.24) is 24.8 Å². The van der Waals surface area contributed by atoms with E-state index in [9.17, 15) is 4.79 Å². The fourth-order valence-electron chi connectivity index (χ4n) is 3.11. The molecule has 0 spiro atoms. The van der Waals surface area contributed by atoms with E-state index in [-0.39, 0.29) is 18.1 Å². The number of amides is 1. The van der Waals surface area contributed by atoms with E-state index in [2.05, 4.69) is 15.2 Å². The van der Waals surface area contributed by atoms with E-state index in [4.69, 9.17) is 4.74 Å². The Morgan fingerprint density at radius 2 is 2.38 bits per heavy atom. The zero-order chi connectivity index (χ0) is 14.8. The number of rotatable bonds is 4. The van der Waals surface area contributed by atoms with Crippen molar-refractivity contribution in [3.8, 4) is 0 Å². The number of fused-ring (bicyclic) bond motifs is 3. The van der Waals surface area contributed by atoms with Gasteiger partial charge in [-0.05, 0) is 33.5 Å². The van der Waals surface area contributed by atoms with Gasteiger partial charge in [-0.15, -0.1) is 5.10 Å². The van der Waals surface area contributed by atoms with Crippen LogP contribution in [0.4, 0.5) is 0 Å². The Kier molecular flexibility index (Phi) is 4.21. The summed E-state index contributed by atoms with van der Waals surface area (Å²) < 4.78 is 7.80. The van der Waals surface area contributed by atoms with Gasteiger partial charge in [-0.1, -0.05) is 5.21 Å². The molecule has 1 saturated heterocycles. The number of likely N-dealkylation sites (tertiary alicyclic amines) is 1. The molecule has 1 aromatic rings. The summed E-state index contributed by atoms with van der Waals surface area (Å²) in [6, 6.07) is 0.114. The number of nitrogens with zero attached hydrogens (tertiary/aromatic N) is 5. The minimum atomic E-state index is 0.114. The number of carbonyl (C=O) groups is 1. The molecule has 0 unspecified atom stereocenters. The second-order valence-electron chi connectivity index (χ2n) is 6.12. The molecule has 0 N–H and O–H groups in total. The van der Waals surface area contributed by atoms with Gasteiger partial charge in [0.25, 0.3) is 0 Å². The minimum absolute atomic E-state index is 0.114. The van der Waals surface area contributed by atoms with Crippen molar-refractivity contribution in [2.45, 2.75) is 38.0 Å². The lowest BCUT2D eigenvalue weighted by atomic mass is 10.00. The number of carbonyl (C=O) groups excluding carboxylic acids is 1. The summed E-state index contributed by atoms with van der Waals surface area (Å²) in [6.07, 6.45) is 4.30. The van der Waals surface area contributed by atoms with Crippen molar-refractivity contribution in [3.63, 3.8) is 0 Å². The largest absolute Gasteiger partial charge is 0.370 e. The van der Waals surface area contributed by atoms with E-state index in [1.807, 2.05) is 23.7 Å². The van der Waals surface area contributed by atoms with Crippen LogP contribution in [0.5, 0.6) is 0 Å². The van der Waals surface area contributed by atoms with Crippen LogP contribution in [0.15, 0.2) is 6.20 Å². The standard InChI is InChI=1S/C14H23N5O2/c1-17(2)6-3-4-14(20)18-7-5-13-12(9-18)19-11(10-21-13)8-15-16-19/h8,12-13H,3-7,9-10H2,1-2H3/t12-,13+/m1/s1. The first-order chi connectivity index (χ1) is 10.1. The summed E-state index contributed by atoms with van der Waals surface area (Å²) in [5.74, 6) is 0.238. The van der Waals surface area contributed by atoms with Gasteiger partial charge in [0, 0.05) is 19.5 Å². The summed E-state index contributed by atoms with van der Waals surface area (Å²) in [5, 5.41) is 8.12. The Hall–Kier alpha value is -1.47. The summed E-state index contributed by atoms with van der Waals surface area (Å²) >= 11 is 0. The Labute approximate surface area is 124 Å². The summed E-state index contributed by atoms with van der Waals surface area (Å²) in [7, 11) is 4.06. The lowest BCUT2D eigenvalue weighted by Gasteiger charge is -2.41. The predicted molar refractivity (Wildman–Crippen MR) is 76.6 cm³/mol. The molecule has 0 aromatic carbocycles. The van der Waals surface area contributed by atoms with Crippen LogP contribution >= 0.6 is 0 Å². The van der Waals surface area contributed by atoms with Gasteiger partial charge in [0.15, 0.2) is 0 Å². The third kappa shape index (κ3) is 3.08. The van der Waals surface area contributed by atoms with Crippen molar-refractivity contribution in [1.29, 1.82) is 0 Å². The maximum atomic E-state index is 12.3. The molecule has 7 nitrogen and oxygen atoms in total. The first-order valence-corrected chi connectivity index (χ1v) is 7.58. The molecule has 1 aromatic heterocycles. The zero-order valence-corrected chi connectivity index (χ0v) is 12.7. The van der Waals surface area contributed by atoms with E-state index < -0.39 is 0 Å². The molecule has 116 valence electrons. The lowest BCUT2D eigenvalue weighted by Crippen LogP contribution is -2.49. The van der Waals surface area contributed by atoms with Gasteiger partial charge in [-0.25, -0.2) is 4.68 Å². The molecule has 2 atom stereocenters. The van der Waals surface area contributed by atoms with Crippen LogP contribution in [-0.4, -0.2) is 70.5 Å². The molecule has 21 heavy (non-hydrogen) atoms. The van der Waals surface area contributed by atoms with Gasteiger partial charge in [0.1, 0.15) is 0 Å². The molecule has 3 heterocycles. The number of piperidine rings is 1. The molecule has 0 saturated carbocycles. The highest BCUT2D eigenvalue weighted by molar-refractivity contribution is 5.76. The SMILES string of the molecule is CN(C)CCCC(=O)N1CC[C@@H]2OCc3cnnn3[C@@H]2C1. The van der Waals surface area contributed by atoms with Crippen molar-refractivity contribution >= 4 is 5.91 Å². The van der Waals surface area contributed by atoms with Gasteiger partial charge < -0.3 is 14.5 Å². The van der Waals surface area contributed by atoms with Gasteiger partial charge in [0.05, 0.1) is 30.6 Å². The third-order valence-electron chi connectivity index (χ3n) is 4.28. The van der Waals surface area contributed by atoms with Gasteiger partial charge in [0.2, 0.25) is 5.91 Å². The number of aromatic nitrogens is 3. The zero-order valence-electron chi connectivity index (χ0n) is 12.7. The third-order valence-corrected chi connectivity index (χ3v) is 4.28. The first-order valence-electron chi connectivity index (χ1n) is 7.58. The van der Waals surface area contributed by atoms with E-state index >= 15 is 0 Å². The van der Waals surface area contributed by atoms with Crippen molar-refractivity contribution in [2.75, 3.05) is 33.7 Å². The molecule has 0 bridgehead atoms. The molecular formula is C14H23N5O2. The van der Waals surface area contributed by atoms with Crippen molar-refractivity contribution < 1.29 is 9.53 Å². The number of hydrogen-bond donors (Lipinski definition) is 0. The van der Waals surface area contributed by atoms with Crippen LogP contribution in [0, 0.1) is 0 Å². The molecule has 2 aliphatic heterocycles. The van der Waals surface area contributed by atoms with Crippen molar-refractivity contribution in [2.24, 2.45) is 0 Å². The molecule has 1 amide bonds. The summed E-state index contributed by atoms with van der Waals surface area (Å²) in [5.41, 5.74) is 0.998. The van der Waals surface area contributed by atoms with E-state index in [0.29, 0.717) is 19.6 Å². The fraction of sp³-hybridized carbons (Fsp3) is 0.786. The average molecular weight is 293 g/mol. The highest BCUT2D eigenvalue weighted by atomic mass is 16.5. The maximum Gasteiger partial charge on any atom is 0.222 e. The highest BCUT2D eigenvalue weighted by Gasteiger charge is 2.37. The smallest absolute Gasteiger partial charge is 0.222 e. The Morgan fingerprint density at radius 1 is 1.52 bits per heavy atom. The Balaban J connectivity index is 1.60. The molecule has 7 heteroatoms. The van der Waals surface area contributed by atoms with Crippen LogP contribution < -0.4 is 0 Å². The second kappa shape index (κ2) is 6.11. The molecule has 0 radical (unpaired) electrons. The van der Waals surface area contributed by atoms with Crippen molar-refractivity contribution in [3.05, 3.63) is 11.9 Å². The van der Waals surface area contributed by atoms with Crippen LogP contribution in [-0.2, 0) is 16.1 Å². The van der Waals surface area contributed by atoms with Gasteiger partial charge >= 0.3 is 0 Å². The fourth-order valence-corrected chi connectivity index (χ4v) is 3.11. The van der Waals surface area contributed by atoms with Gasteiger partial charge in [-0.2, -0.15) is 0 Å². The first kappa shape index (κ1) is 14.5. The lowest BCUT2D eigenvalue weighted by molar-refractivity contribution is -0.138. The highest BCUT2D eigenvalue weighted by Crippen LogP contribution is 2.30. The Morgan fingerprint density at radius 3 is 3.19 bits per heavy atom. The van der Waals surface area contributed by atoms with Crippen LogP contribution in [0.25, 0.3) is 0 Å². The van der Waals surface area contributed by atoms with Gasteiger partial charge in [-0.3, -0.25) is 4.79 Å². The predicted octanol–water partition coefficient (Wildman–Crippen LogP) is 0.292. The second-order valence-corrected chi connectivity index (χ2v) is 6.12. The number of ether oxygens (including phenoxy) is 1. The van der Waals surface area contributed by atoms with E-state index in [0.717, 1.165) is 31.6 Å². The van der Waals surface area contributed by atoms with Crippen LogP contribution in [0.1, 0.15) is 31.0 Å². The molecule has 0 aliphatic carbocycles. The average Bonchev–Trinajstić information content (AvgIpc) is 2.95. The van der Waals surface area contributed by atoms with E-state index in [1.54, 1.807) is 6.20 Å². The minimum Gasteiger partial charge on any atom is -0.370 e. The van der Waals surface area contributed by atoms with E-state index in [1.165, 1.54) is 0 Å². The summed E-state index contributed by atoms with van der Waals surface area (Å²) in [4.78, 5) is 16.4. The van der Waals surface area contributed by atoms with Crippen LogP contribution in [0.3, 0.4) is 0 Å².